The van der Waals surface area contributed by atoms with E-state index in [0.717, 1.165) is 86.3 Å². The standard InChI is InChI=1S/C34H39N9O5S.C7H10N2O.C2H8N2.CH5N/c1-4-43-27(16-23(2)39-43)32(46)38-34-42(31-29(49-34)19-25(22-45)20-36-31)10-6-5-9-41-30-26(37-33(41)35-3)17-24(21-44)18-28(30)48-13-7-8-40-11-14-47-15-12-40;1-3-9-7(5-10)4-6(2)8-9;1-3-4-2;1-2/h5-6,16-22H,4,7-15H2,1-3H3,(H,35,37);4-5H,3H2,1-2H3;3-4H,1-2H3;2H2,1H3/b6-5+,38-34?;;;. The third kappa shape index (κ3) is 13.9. The Balaban J connectivity index is 0.000000493. The second kappa shape index (κ2) is 26.5. The van der Waals surface area contributed by atoms with Gasteiger partial charge in [-0.3, -0.25) is 48.9 Å². The van der Waals surface area contributed by atoms with Crippen molar-refractivity contribution in [2.75, 3.05) is 73.0 Å². The van der Waals surface area contributed by atoms with Crippen LogP contribution in [-0.4, -0.2) is 136 Å². The number of aromatic nitrogens is 8. The maximum atomic E-state index is 13.3. The summed E-state index contributed by atoms with van der Waals surface area (Å²) >= 11 is 1.30. The predicted molar refractivity (Wildman–Crippen MR) is 253 cm³/mol. The van der Waals surface area contributed by atoms with Crippen molar-refractivity contribution in [3.05, 3.63) is 87.4 Å². The minimum atomic E-state index is -0.405. The van der Waals surface area contributed by atoms with Crippen LogP contribution in [0.3, 0.4) is 0 Å². The van der Waals surface area contributed by atoms with E-state index in [1.54, 1.807) is 46.7 Å². The fraction of sp³-hybridized carbons (Fsp3) is 0.432. The second-order valence-corrected chi connectivity index (χ2v) is 15.2. The number of pyridine rings is 1. The molecule has 1 aliphatic heterocycles. The normalized spacial score (nSPS) is 12.8. The molecule has 21 heteroatoms. The van der Waals surface area contributed by atoms with Crippen molar-refractivity contribution in [1.82, 2.24) is 54.4 Å². The Labute approximate surface area is 382 Å². The number of carbonyl (C=O) groups excluding carboxylic acids is 4. The van der Waals surface area contributed by atoms with Gasteiger partial charge in [0.05, 0.1) is 41.4 Å². The highest BCUT2D eigenvalue weighted by Crippen LogP contribution is 2.31. The Bertz CT molecular complexity index is 2580. The topological polar surface area (TPSA) is 236 Å². The largest absolute Gasteiger partial charge is 0.491 e. The first kappa shape index (κ1) is 51.4. The summed E-state index contributed by atoms with van der Waals surface area (Å²) in [5.74, 6) is 0.818. The number of ether oxygens (including phenoxy) is 2. The fourth-order valence-electron chi connectivity index (χ4n) is 6.76. The summed E-state index contributed by atoms with van der Waals surface area (Å²) in [6, 6.07) is 8.76. The van der Waals surface area contributed by atoms with Crippen LogP contribution < -0.4 is 31.4 Å². The molecule has 0 unspecified atom stereocenters. The van der Waals surface area contributed by atoms with Gasteiger partial charge in [-0.15, -0.1) is 0 Å². The zero-order valence-corrected chi connectivity index (χ0v) is 39.4. The van der Waals surface area contributed by atoms with Crippen molar-refractivity contribution >= 4 is 63.4 Å². The number of carbonyl (C=O) groups is 4. The summed E-state index contributed by atoms with van der Waals surface area (Å²) in [5.41, 5.74) is 15.5. The van der Waals surface area contributed by atoms with Crippen LogP contribution in [0.25, 0.3) is 21.4 Å². The molecule has 1 saturated heterocycles. The van der Waals surface area contributed by atoms with Crippen molar-refractivity contribution in [2.45, 2.75) is 60.3 Å². The molecule has 5 N–H and O–H groups in total. The van der Waals surface area contributed by atoms with Crippen molar-refractivity contribution in [3.63, 3.8) is 0 Å². The van der Waals surface area contributed by atoms with E-state index in [4.69, 9.17) is 14.5 Å². The van der Waals surface area contributed by atoms with Gasteiger partial charge in [-0.05, 0) is 85.6 Å². The van der Waals surface area contributed by atoms with Crippen molar-refractivity contribution in [2.24, 2.45) is 10.7 Å². The number of imidazole rings is 1. The van der Waals surface area contributed by atoms with E-state index in [2.05, 4.69) is 47.0 Å². The number of amides is 1. The number of benzene rings is 1. The molecule has 65 heavy (non-hydrogen) atoms. The summed E-state index contributed by atoms with van der Waals surface area (Å²) in [7, 11) is 6.94. The molecule has 0 aliphatic carbocycles. The Morgan fingerprint density at radius 1 is 0.877 bits per heavy atom. The minimum Gasteiger partial charge on any atom is -0.491 e. The van der Waals surface area contributed by atoms with Gasteiger partial charge in [-0.25, -0.2) is 9.97 Å². The Kier molecular flexibility index (Phi) is 21.0. The molecular weight excluding hydrogens is 853 g/mol. The summed E-state index contributed by atoms with van der Waals surface area (Å²) in [6.07, 6.45) is 8.69. The van der Waals surface area contributed by atoms with Crippen LogP contribution >= 0.6 is 11.3 Å². The third-order valence-corrected chi connectivity index (χ3v) is 10.8. The van der Waals surface area contributed by atoms with Gasteiger partial charge in [0.15, 0.2) is 23.0 Å². The lowest BCUT2D eigenvalue weighted by Crippen LogP contribution is -2.37. The highest BCUT2D eigenvalue weighted by atomic mass is 32.1. The van der Waals surface area contributed by atoms with Gasteiger partial charge in [-0.2, -0.15) is 15.2 Å². The number of nitrogens with one attached hydrogen (secondary N) is 3. The average molecular weight is 915 g/mol. The van der Waals surface area contributed by atoms with Gasteiger partial charge in [-0.1, -0.05) is 23.5 Å². The lowest BCUT2D eigenvalue weighted by molar-refractivity contribution is 0.0358. The maximum Gasteiger partial charge on any atom is 0.297 e. The van der Waals surface area contributed by atoms with Crippen LogP contribution in [0.15, 0.2) is 53.7 Å². The summed E-state index contributed by atoms with van der Waals surface area (Å²) in [6.45, 7) is 14.4. The second-order valence-electron chi connectivity index (χ2n) is 14.2. The number of aldehydes is 3. The van der Waals surface area contributed by atoms with Crippen LogP contribution in [0.2, 0.25) is 0 Å². The Hall–Kier alpha value is -6.23. The third-order valence-electron chi connectivity index (χ3n) is 9.81. The van der Waals surface area contributed by atoms with Crippen molar-refractivity contribution in [1.29, 1.82) is 0 Å². The van der Waals surface area contributed by atoms with Crippen LogP contribution in [0.5, 0.6) is 5.75 Å². The zero-order chi connectivity index (χ0) is 47.3. The van der Waals surface area contributed by atoms with Crippen LogP contribution in [0, 0.1) is 13.8 Å². The quantitative estimate of drug-likeness (QED) is 0.0442. The average Bonchev–Trinajstić information content (AvgIpc) is 4.11. The van der Waals surface area contributed by atoms with E-state index in [1.165, 1.54) is 24.6 Å². The highest BCUT2D eigenvalue weighted by molar-refractivity contribution is 7.16. The van der Waals surface area contributed by atoms with E-state index in [9.17, 15) is 19.2 Å². The number of nitrogens with two attached hydrogens (primary N) is 1. The first-order valence-electron chi connectivity index (χ1n) is 21.4. The molecule has 6 aromatic rings. The van der Waals surface area contributed by atoms with Crippen molar-refractivity contribution in [3.8, 4) is 5.75 Å². The van der Waals surface area contributed by atoms with E-state index in [0.29, 0.717) is 76.4 Å². The van der Waals surface area contributed by atoms with Gasteiger partial charge < -0.3 is 25.1 Å². The van der Waals surface area contributed by atoms with E-state index < -0.39 is 5.91 Å². The fourth-order valence-corrected chi connectivity index (χ4v) is 7.80. The lowest BCUT2D eigenvalue weighted by atomic mass is 10.2. The molecule has 6 heterocycles. The van der Waals surface area contributed by atoms with E-state index >= 15 is 0 Å². The summed E-state index contributed by atoms with van der Waals surface area (Å²) < 4.78 is 19.6. The molecule has 0 atom stereocenters. The van der Waals surface area contributed by atoms with Gasteiger partial charge in [0.25, 0.3) is 5.91 Å². The molecule has 1 fully saturated rings. The first-order chi connectivity index (χ1) is 31.6. The monoisotopic (exact) mass is 914 g/mol. The molecule has 7 rings (SSSR count). The smallest absolute Gasteiger partial charge is 0.297 e. The number of nitrogens with zero attached hydrogens (tertiary/aromatic N) is 10. The van der Waals surface area contributed by atoms with E-state index in [-0.39, 0.29) is 0 Å². The van der Waals surface area contributed by atoms with Crippen LogP contribution in [0.1, 0.15) is 73.3 Å². The molecule has 0 saturated carbocycles. The Morgan fingerprint density at radius 3 is 2.15 bits per heavy atom. The van der Waals surface area contributed by atoms with Gasteiger partial charge in [0.1, 0.15) is 28.9 Å². The number of thiazole rings is 1. The number of rotatable bonds is 17. The zero-order valence-electron chi connectivity index (χ0n) is 38.5. The number of morpholine rings is 1. The highest BCUT2D eigenvalue weighted by Gasteiger charge is 2.18. The number of aryl methyl sites for hydroxylation is 4. The number of hydrazine groups is 1. The number of hydrogen-bond donors (Lipinski definition) is 4. The molecule has 1 amide bonds. The SMILES string of the molecule is CCn1nc(C)cc1C(=O)N=c1sc2cc(C=O)cnc2n1C/C=C/Cn1c(NC)nc2cc(C=O)cc(OCCCN3CCOCC3)c21.CCn1nc(C)cc1C=O.CN.CNNC. The first-order valence-corrected chi connectivity index (χ1v) is 22.2. The molecule has 1 aromatic carbocycles. The van der Waals surface area contributed by atoms with Crippen molar-refractivity contribution < 1.29 is 28.7 Å². The minimum absolute atomic E-state index is 0.368. The molecule has 1 aliphatic rings. The molecule has 0 bridgehead atoms. The molecular formula is C44H62N14O6S. The van der Waals surface area contributed by atoms with Gasteiger partial charge in [0.2, 0.25) is 5.95 Å². The molecule has 0 radical (unpaired) electrons. The summed E-state index contributed by atoms with van der Waals surface area (Å²) in [4.78, 5) is 63.4. The molecule has 5 aromatic heterocycles. The predicted octanol–water partition coefficient (Wildman–Crippen LogP) is 3.68. The lowest BCUT2D eigenvalue weighted by Gasteiger charge is -2.26. The number of anilines is 1. The maximum absolute atomic E-state index is 13.3. The Morgan fingerprint density at radius 2 is 1.54 bits per heavy atom. The van der Waals surface area contributed by atoms with Gasteiger partial charge >= 0.3 is 0 Å². The molecule has 0 spiro atoms. The van der Waals surface area contributed by atoms with E-state index in [1.807, 2.05) is 63.1 Å². The van der Waals surface area contributed by atoms with Crippen LogP contribution in [0.4, 0.5) is 5.95 Å². The number of allylic oxidation sites excluding steroid dienone is 2. The molecule has 350 valence electrons. The number of fused-ring (bicyclic) bond motifs is 2. The summed E-state index contributed by atoms with van der Waals surface area (Å²) in [5, 5.41) is 11.6. The van der Waals surface area contributed by atoms with Gasteiger partial charge in [0, 0.05) is 70.2 Å². The molecule has 20 nitrogen and oxygen atoms in total. The number of hydrogen-bond acceptors (Lipinski definition) is 16. The van der Waals surface area contributed by atoms with Crippen LogP contribution in [-0.2, 0) is 30.9 Å².